The van der Waals surface area contributed by atoms with Gasteiger partial charge in [0.05, 0.1) is 4.91 Å². The van der Waals surface area contributed by atoms with Crippen LogP contribution in [0.25, 0.3) is 10.9 Å². The molecule has 3 N–H and O–H groups in total. The van der Waals surface area contributed by atoms with Crippen LogP contribution in [0, 0.1) is 0 Å². The number of unbranched alkanes of at least 4 members (excludes halogenated alkanes) is 1. The lowest BCUT2D eigenvalue weighted by Crippen LogP contribution is -2.46. The number of nitrogens with two attached hydrogens (primary N) is 1. The molecule has 2 aromatic rings. The zero-order chi connectivity index (χ0) is 19.5. The highest BCUT2D eigenvalue weighted by molar-refractivity contribution is 8.04. The van der Waals surface area contributed by atoms with E-state index in [-0.39, 0.29) is 11.4 Å². The molecule has 0 bridgehead atoms. The molecule has 1 amide bonds. The highest BCUT2D eigenvalue weighted by atomic mass is 32.2. The minimum absolute atomic E-state index is 0.192. The molecule has 3 heterocycles. The maximum Gasteiger partial charge on any atom is 0.256 e. The molecule has 1 fully saturated rings. The predicted molar refractivity (Wildman–Crippen MR) is 117 cm³/mol. The van der Waals surface area contributed by atoms with Crippen molar-refractivity contribution in [2.24, 2.45) is 5.73 Å². The number of para-hydroxylation sites is 1. The molecule has 5 nitrogen and oxygen atoms in total. The molecule has 2 aliphatic rings. The van der Waals surface area contributed by atoms with Crippen LogP contribution in [0.15, 0.2) is 41.6 Å². The number of aromatic amines is 1. The topological polar surface area (TPSA) is 65.4 Å². The molecule has 1 aromatic carbocycles. The van der Waals surface area contributed by atoms with Gasteiger partial charge in [0.1, 0.15) is 5.50 Å². The van der Waals surface area contributed by atoms with Gasteiger partial charge in [-0.25, -0.2) is 0 Å². The summed E-state index contributed by atoms with van der Waals surface area (Å²) >= 11 is 1.63. The molecular weight excluding hydrogens is 368 g/mol. The van der Waals surface area contributed by atoms with Crippen molar-refractivity contribution in [2.75, 3.05) is 13.1 Å². The van der Waals surface area contributed by atoms with E-state index in [1.807, 2.05) is 6.20 Å². The van der Waals surface area contributed by atoms with Crippen molar-refractivity contribution >= 4 is 28.6 Å². The van der Waals surface area contributed by atoms with E-state index in [9.17, 15) is 4.79 Å². The van der Waals surface area contributed by atoms with E-state index in [2.05, 4.69) is 52.2 Å². The number of hydrogen-bond donors (Lipinski definition) is 2. The summed E-state index contributed by atoms with van der Waals surface area (Å²) in [6.45, 7) is 4.44. The van der Waals surface area contributed by atoms with E-state index in [0.29, 0.717) is 10.9 Å². The van der Waals surface area contributed by atoms with Crippen molar-refractivity contribution < 1.29 is 4.79 Å². The maximum atomic E-state index is 11.9. The van der Waals surface area contributed by atoms with Crippen molar-refractivity contribution in [3.63, 3.8) is 0 Å². The SMILES string of the molecule is CCCCC(Cc1c[nH]c2ccccc12)N1C=C(C(N)=O)SC1N1CCCC1. The molecule has 28 heavy (non-hydrogen) atoms. The summed E-state index contributed by atoms with van der Waals surface area (Å²) in [6, 6.07) is 8.85. The minimum atomic E-state index is -0.307. The number of aromatic nitrogens is 1. The number of likely N-dealkylation sites (tertiary alicyclic amines) is 1. The monoisotopic (exact) mass is 398 g/mol. The fourth-order valence-electron chi connectivity index (χ4n) is 4.39. The molecule has 0 radical (unpaired) electrons. The Balaban J connectivity index is 1.63. The number of nitrogens with zero attached hydrogens (tertiary/aromatic N) is 2. The summed E-state index contributed by atoms with van der Waals surface area (Å²) in [5.74, 6) is -0.307. The minimum Gasteiger partial charge on any atom is -0.365 e. The first kappa shape index (κ1) is 19.4. The number of carbonyl (C=O) groups excluding carboxylic acids is 1. The van der Waals surface area contributed by atoms with Crippen molar-refractivity contribution in [1.82, 2.24) is 14.8 Å². The van der Waals surface area contributed by atoms with Gasteiger partial charge in [-0.15, -0.1) is 0 Å². The summed E-state index contributed by atoms with van der Waals surface area (Å²) in [5.41, 5.74) is 8.38. The molecule has 150 valence electrons. The molecule has 1 aromatic heterocycles. The van der Waals surface area contributed by atoms with E-state index in [1.165, 1.54) is 42.1 Å². The second-order valence-corrected chi connectivity index (χ2v) is 8.95. The summed E-state index contributed by atoms with van der Waals surface area (Å²) in [7, 11) is 0. The van der Waals surface area contributed by atoms with Crippen LogP contribution in [0.1, 0.15) is 44.6 Å². The summed E-state index contributed by atoms with van der Waals surface area (Å²) in [5, 5.41) is 1.30. The number of thioether (sulfide) groups is 1. The molecule has 0 spiro atoms. The Morgan fingerprint density at radius 2 is 2.11 bits per heavy atom. The van der Waals surface area contributed by atoms with Crippen molar-refractivity contribution in [2.45, 2.75) is 57.0 Å². The fourth-order valence-corrected chi connectivity index (χ4v) is 5.63. The average Bonchev–Trinajstić information content (AvgIpc) is 3.44. The third kappa shape index (κ3) is 3.94. The van der Waals surface area contributed by atoms with Gasteiger partial charge in [-0.05, 0) is 37.3 Å². The maximum absolute atomic E-state index is 11.9. The van der Waals surface area contributed by atoms with E-state index >= 15 is 0 Å². The number of hydrogen-bond acceptors (Lipinski definition) is 4. The molecule has 2 atom stereocenters. The van der Waals surface area contributed by atoms with Gasteiger partial charge in [0.15, 0.2) is 0 Å². The predicted octanol–water partition coefficient (Wildman–Crippen LogP) is 4.02. The van der Waals surface area contributed by atoms with Crippen molar-refractivity contribution in [3.8, 4) is 0 Å². The van der Waals surface area contributed by atoms with Gasteiger partial charge in [0, 0.05) is 42.4 Å². The number of amides is 1. The van der Waals surface area contributed by atoms with Crippen LogP contribution in [0.3, 0.4) is 0 Å². The number of primary amides is 1. The molecular formula is C22H30N4OS. The van der Waals surface area contributed by atoms with Gasteiger partial charge in [0.2, 0.25) is 0 Å². The van der Waals surface area contributed by atoms with Crippen molar-refractivity contribution in [3.05, 3.63) is 47.1 Å². The summed E-state index contributed by atoms with van der Waals surface area (Å²) in [4.78, 5) is 21.0. The van der Waals surface area contributed by atoms with Crippen molar-refractivity contribution in [1.29, 1.82) is 0 Å². The van der Waals surface area contributed by atoms with Gasteiger partial charge in [0.25, 0.3) is 5.91 Å². The number of carbonyl (C=O) groups is 1. The number of benzene rings is 1. The number of fused-ring (bicyclic) bond motifs is 1. The lowest BCUT2D eigenvalue weighted by atomic mass is 9.99. The molecule has 2 unspecified atom stereocenters. The van der Waals surface area contributed by atoms with E-state index in [0.717, 1.165) is 25.9 Å². The highest BCUT2D eigenvalue weighted by Gasteiger charge is 2.37. The van der Waals surface area contributed by atoms with E-state index < -0.39 is 0 Å². The van der Waals surface area contributed by atoms with Crippen LogP contribution in [-0.2, 0) is 11.2 Å². The molecule has 2 aliphatic heterocycles. The van der Waals surface area contributed by atoms with Crippen LogP contribution in [0.5, 0.6) is 0 Å². The Bertz CT molecular complexity index is 855. The highest BCUT2D eigenvalue weighted by Crippen LogP contribution is 2.39. The van der Waals surface area contributed by atoms with Crippen LogP contribution in [-0.4, -0.2) is 45.3 Å². The van der Waals surface area contributed by atoms with Crippen LogP contribution >= 0.6 is 11.8 Å². The summed E-state index contributed by atoms with van der Waals surface area (Å²) < 4.78 is 0. The first-order valence-electron chi connectivity index (χ1n) is 10.4. The second kappa shape index (κ2) is 8.62. The number of H-pyrrole nitrogens is 1. The van der Waals surface area contributed by atoms with Gasteiger partial charge in [-0.3, -0.25) is 9.69 Å². The fraction of sp³-hybridized carbons (Fsp3) is 0.500. The molecule has 4 rings (SSSR count). The molecule has 0 saturated carbocycles. The third-order valence-electron chi connectivity index (χ3n) is 5.89. The Hall–Kier alpha value is -1.92. The number of rotatable bonds is 8. The standard InChI is InChI=1S/C22H30N4OS/c1-2-3-8-17(13-16-14-24-19-10-5-4-9-18(16)19)26-15-20(21(23)27)28-22(26)25-11-6-7-12-25/h4-5,9-10,14-15,17,22,24H,2-3,6-8,11-13H2,1H3,(H2,23,27). The number of nitrogens with one attached hydrogen (secondary N) is 1. The lowest BCUT2D eigenvalue weighted by molar-refractivity contribution is -0.113. The van der Waals surface area contributed by atoms with Gasteiger partial charge >= 0.3 is 0 Å². The molecule has 0 aliphatic carbocycles. The van der Waals surface area contributed by atoms with Gasteiger partial charge in [-0.2, -0.15) is 0 Å². The van der Waals surface area contributed by atoms with Crippen LogP contribution in [0.2, 0.25) is 0 Å². The first-order chi connectivity index (χ1) is 13.7. The van der Waals surface area contributed by atoms with Gasteiger partial charge in [-0.1, -0.05) is 49.7 Å². The van der Waals surface area contributed by atoms with Crippen LogP contribution in [0.4, 0.5) is 0 Å². The normalized spacial score (nSPS) is 21.4. The largest absolute Gasteiger partial charge is 0.365 e. The lowest BCUT2D eigenvalue weighted by Gasteiger charge is -2.38. The Morgan fingerprint density at radius 1 is 1.32 bits per heavy atom. The Kier molecular flexibility index (Phi) is 5.97. The van der Waals surface area contributed by atoms with E-state index in [1.54, 1.807) is 11.8 Å². The Morgan fingerprint density at radius 3 is 2.86 bits per heavy atom. The zero-order valence-electron chi connectivity index (χ0n) is 16.6. The second-order valence-electron chi connectivity index (χ2n) is 7.85. The summed E-state index contributed by atoms with van der Waals surface area (Å²) in [6.07, 6.45) is 11.1. The third-order valence-corrected chi connectivity index (χ3v) is 7.21. The van der Waals surface area contributed by atoms with Crippen LogP contribution < -0.4 is 5.73 Å². The smallest absolute Gasteiger partial charge is 0.256 e. The van der Waals surface area contributed by atoms with E-state index in [4.69, 9.17) is 5.73 Å². The average molecular weight is 399 g/mol. The zero-order valence-corrected chi connectivity index (χ0v) is 17.4. The quantitative estimate of drug-likeness (QED) is 0.705. The first-order valence-corrected chi connectivity index (χ1v) is 11.3. The van der Waals surface area contributed by atoms with Gasteiger partial charge < -0.3 is 15.6 Å². The molecule has 1 saturated heterocycles. The molecule has 6 heteroatoms. The Labute approximate surface area is 171 Å².